The summed E-state index contributed by atoms with van der Waals surface area (Å²) >= 11 is 0. The zero-order valence-electron chi connectivity index (χ0n) is 36.9. The van der Waals surface area contributed by atoms with Crippen molar-refractivity contribution in [3.63, 3.8) is 0 Å². The summed E-state index contributed by atoms with van der Waals surface area (Å²) in [4.78, 5) is 0. The summed E-state index contributed by atoms with van der Waals surface area (Å²) in [7, 11) is 0. The fraction of sp³-hybridized carbons (Fsp3) is 1.00. The molecule has 0 bridgehead atoms. The topological polar surface area (TPSA) is 307 Å². The third-order valence-electron chi connectivity index (χ3n) is 12.4. The van der Waals surface area contributed by atoms with Crippen molar-refractivity contribution in [2.45, 2.75) is 209 Å². The molecule has 0 aromatic heterocycles. The molecule has 19 nitrogen and oxygen atoms in total. The Balaban J connectivity index is 1.90. The molecule has 3 fully saturated rings. The van der Waals surface area contributed by atoms with Crippen molar-refractivity contribution in [1.29, 1.82) is 0 Å². The Bertz CT molecular complexity index is 1020. The van der Waals surface area contributed by atoms with Gasteiger partial charge in [-0.2, -0.15) is 0 Å². The average molecular weight is 903 g/mol. The molecule has 0 aromatic rings. The number of unbranched alkanes of at least 4 members (excludes halogenated alkanes) is 12. The van der Waals surface area contributed by atoms with E-state index in [1.165, 1.54) is 51.4 Å². The van der Waals surface area contributed by atoms with E-state index in [9.17, 15) is 61.3 Å². The monoisotopic (exact) mass is 903 g/mol. The molecule has 3 rings (SSSR count). The van der Waals surface area contributed by atoms with Gasteiger partial charge >= 0.3 is 0 Å². The lowest BCUT2D eigenvalue weighted by molar-refractivity contribution is -0.332. The Morgan fingerprint density at radius 2 is 0.710 bits per heavy atom. The lowest BCUT2D eigenvalue weighted by atomic mass is 9.90. The van der Waals surface area contributed by atoms with Crippen molar-refractivity contribution in [3.05, 3.63) is 0 Å². The van der Waals surface area contributed by atoms with E-state index in [4.69, 9.17) is 33.2 Å². The van der Waals surface area contributed by atoms with E-state index in [0.717, 1.165) is 51.4 Å². The summed E-state index contributed by atoms with van der Waals surface area (Å²) in [6.07, 6.45) is -6.55. The molecule has 62 heavy (non-hydrogen) atoms. The highest BCUT2D eigenvalue weighted by molar-refractivity contribution is 4.93. The molecular formula is C43H82O19. The van der Waals surface area contributed by atoms with Crippen molar-refractivity contribution in [2.75, 3.05) is 52.9 Å². The van der Waals surface area contributed by atoms with Crippen LogP contribution in [0.15, 0.2) is 0 Å². The van der Waals surface area contributed by atoms with Crippen LogP contribution in [0.2, 0.25) is 0 Å². The van der Waals surface area contributed by atoms with Crippen LogP contribution in [0, 0.1) is 11.3 Å². The highest BCUT2D eigenvalue weighted by Crippen LogP contribution is 2.32. The molecule has 0 aliphatic carbocycles. The van der Waals surface area contributed by atoms with Gasteiger partial charge in [0.15, 0.2) is 18.9 Å². The smallest absolute Gasteiger partial charge is 0.186 e. The van der Waals surface area contributed by atoms with Gasteiger partial charge in [-0.25, -0.2) is 0 Å². The maximum atomic E-state index is 10.9. The fourth-order valence-electron chi connectivity index (χ4n) is 8.18. The molecule has 0 spiro atoms. The van der Waals surface area contributed by atoms with Gasteiger partial charge < -0.3 is 94.4 Å². The van der Waals surface area contributed by atoms with Crippen molar-refractivity contribution >= 4 is 0 Å². The molecule has 3 aliphatic heterocycles. The fourth-order valence-corrected chi connectivity index (χ4v) is 8.18. The highest BCUT2D eigenvalue weighted by Gasteiger charge is 2.49. The summed E-state index contributed by atoms with van der Waals surface area (Å²) in [6, 6.07) is 0. The molecule has 0 amide bonds. The highest BCUT2D eigenvalue weighted by atomic mass is 16.7. The summed E-state index contributed by atoms with van der Waals surface area (Å²) in [5.41, 5.74) is -1.54. The number of ether oxygens (including phenoxy) is 7. The summed E-state index contributed by atoms with van der Waals surface area (Å²) in [5.74, 6) is 0.170. The van der Waals surface area contributed by atoms with E-state index in [1.54, 1.807) is 0 Å². The van der Waals surface area contributed by atoms with Gasteiger partial charge in [0, 0.05) is 6.61 Å². The molecule has 0 saturated carbocycles. The zero-order chi connectivity index (χ0) is 45.7. The molecule has 15 atom stereocenters. The third kappa shape index (κ3) is 17.2. The maximum Gasteiger partial charge on any atom is 0.186 e. The van der Waals surface area contributed by atoms with Crippen LogP contribution >= 0.6 is 0 Å². The van der Waals surface area contributed by atoms with Gasteiger partial charge in [-0.3, -0.25) is 0 Å². The Morgan fingerprint density at radius 3 is 1.02 bits per heavy atom. The lowest BCUT2D eigenvalue weighted by Gasteiger charge is -2.44. The molecule has 3 aliphatic rings. The van der Waals surface area contributed by atoms with Crippen LogP contribution in [-0.2, 0) is 33.2 Å². The first-order chi connectivity index (χ1) is 29.8. The number of hydrogen-bond donors (Lipinski definition) is 12. The molecule has 368 valence electrons. The zero-order valence-corrected chi connectivity index (χ0v) is 36.9. The Kier molecular flexibility index (Phi) is 26.7. The van der Waals surface area contributed by atoms with E-state index < -0.39 is 137 Å². The van der Waals surface area contributed by atoms with Crippen molar-refractivity contribution in [2.24, 2.45) is 11.3 Å². The molecular weight excluding hydrogens is 820 g/mol. The van der Waals surface area contributed by atoms with E-state index in [-0.39, 0.29) is 12.5 Å². The van der Waals surface area contributed by atoms with Crippen LogP contribution in [0.1, 0.15) is 117 Å². The van der Waals surface area contributed by atoms with Crippen molar-refractivity contribution in [3.8, 4) is 0 Å². The number of aliphatic hydroxyl groups excluding tert-OH is 12. The van der Waals surface area contributed by atoms with Gasteiger partial charge in [0.05, 0.1) is 51.7 Å². The largest absolute Gasteiger partial charge is 0.394 e. The molecule has 19 heteroatoms. The Morgan fingerprint density at radius 1 is 0.403 bits per heavy atom. The van der Waals surface area contributed by atoms with Gasteiger partial charge in [0.25, 0.3) is 0 Å². The van der Waals surface area contributed by atoms with Gasteiger partial charge in [-0.05, 0) is 18.8 Å². The van der Waals surface area contributed by atoms with Crippen LogP contribution in [0.4, 0.5) is 0 Å². The predicted molar refractivity (Wildman–Crippen MR) is 221 cm³/mol. The second kappa shape index (κ2) is 29.8. The molecule has 3 saturated heterocycles. The number of hydrogen-bond acceptors (Lipinski definition) is 19. The molecule has 0 radical (unpaired) electrons. The minimum absolute atomic E-state index is 0.170. The second-order valence-electron chi connectivity index (χ2n) is 17.7. The molecule has 12 N–H and O–H groups in total. The van der Waals surface area contributed by atoms with Gasteiger partial charge in [-0.15, -0.1) is 0 Å². The van der Waals surface area contributed by atoms with E-state index in [1.807, 2.05) is 0 Å². The van der Waals surface area contributed by atoms with Crippen LogP contribution in [0.5, 0.6) is 0 Å². The maximum absolute atomic E-state index is 10.9. The minimum atomic E-state index is -1.79. The van der Waals surface area contributed by atoms with E-state index >= 15 is 0 Å². The van der Waals surface area contributed by atoms with Crippen molar-refractivity contribution < 1.29 is 94.4 Å². The minimum Gasteiger partial charge on any atom is -0.394 e. The standard InChI is InChI=1S/C43H82O19/c1-3-5-7-9-11-13-15-17-27(18-16-14-12-10-8-6-4-2)22-56-23-43(24-57-40-37(53)34(50)31(47)28(19-44)60-40,25-58-41-38(54)35(51)32(48)29(20-45)61-41)26-59-42-39(55)36(52)33(49)30(21-46)62-42/h27-42,44-55H,3-26H2,1-2H3. The second-order valence-corrected chi connectivity index (χ2v) is 17.7. The first kappa shape index (κ1) is 55.6. The summed E-state index contributed by atoms with van der Waals surface area (Å²) < 4.78 is 41.4. The molecule has 0 aromatic carbocycles. The van der Waals surface area contributed by atoms with E-state index in [0.29, 0.717) is 6.61 Å². The summed E-state index contributed by atoms with van der Waals surface area (Å²) in [6.45, 7) is 0.786. The van der Waals surface area contributed by atoms with E-state index in [2.05, 4.69) is 13.8 Å². The number of rotatable bonds is 32. The predicted octanol–water partition coefficient (Wildman–Crippen LogP) is -0.663. The SMILES string of the molecule is CCCCCCCCCC(CCCCCCCCC)COCC(COC1OC(CO)C(O)C(O)C1O)(COC1OC(CO)C(O)C(O)C1O)COC1OC(CO)C(O)C(O)C1O. The normalized spacial score (nSPS) is 35.4. The van der Waals surface area contributed by atoms with Crippen LogP contribution in [-0.4, -0.2) is 206 Å². The number of aliphatic hydroxyl groups is 12. The average Bonchev–Trinajstić information content (AvgIpc) is 3.27. The molecule has 15 unspecified atom stereocenters. The first-order valence-corrected chi connectivity index (χ1v) is 23.1. The third-order valence-corrected chi connectivity index (χ3v) is 12.4. The first-order valence-electron chi connectivity index (χ1n) is 23.1. The van der Waals surface area contributed by atoms with Crippen molar-refractivity contribution in [1.82, 2.24) is 0 Å². The lowest BCUT2D eigenvalue weighted by Crippen LogP contribution is -2.61. The quantitative estimate of drug-likeness (QED) is 0.0373. The van der Waals surface area contributed by atoms with Crippen LogP contribution in [0.25, 0.3) is 0 Å². The summed E-state index contributed by atoms with van der Waals surface area (Å²) in [5, 5.41) is 125. The Labute approximate surface area is 366 Å². The van der Waals surface area contributed by atoms with Gasteiger partial charge in [0.2, 0.25) is 0 Å². The molecule has 3 heterocycles. The van der Waals surface area contributed by atoms with Gasteiger partial charge in [0.1, 0.15) is 73.2 Å². The Hall–Kier alpha value is -0.760. The van der Waals surface area contributed by atoms with Crippen LogP contribution < -0.4 is 0 Å². The van der Waals surface area contributed by atoms with Gasteiger partial charge in [-0.1, -0.05) is 104 Å². The van der Waals surface area contributed by atoms with Crippen LogP contribution in [0.3, 0.4) is 0 Å².